The van der Waals surface area contributed by atoms with Gasteiger partial charge in [-0.3, -0.25) is 14.9 Å². The summed E-state index contributed by atoms with van der Waals surface area (Å²) in [5.74, 6) is -1.61. The lowest BCUT2D eigenvalue weighted by atomic mass is 10.2. The standard InChI is InChI=1S/C19H19N3O8/c23-11-16(21-19(26)29-12-13-4-2-1-3-5-13)18(25)20-10-17(24)30-15-8-6-14(7-9-15)22(27)28/h1-9,16,23H,10-12H2,(H,20,25)(H,21,26)/t16-/m1/s1. The Morgan fingerprint density at radius 1 is 1.07 bits per heavy atom. The van der Waals surface area contributed by atoms with Gasteiger partial charge in [0.15, 0.2) is 0 Å². The van der Waals surface area contributed by atoms with Crippen LogP contribution in [0.3, 0.4) is 0 Å². The molecule has 0 aliphatic rings. The molecule has 0 spiro atoms. The molecule has 11 nitrogen and oxygen atoms in total. The minimum Gasteiger partial charge on any atom is -0.445 e. The van der Waals surface area contributed by atoms with E-state index in [4.69, 9.17) is 9.47 Å². The van der Waals surface area contributed by atoms with Crippen LogP contribution in [0.1, 0.15) is 5.56 Å². The van der Waals surface area contributed by atoms with Crippen molar-refractivity contribution in [3.8, 4) is 5.75 Å². The number of carbonyl (C=O) groups excluding carboxylic acids is 3. The van der Waals surface area contributed by atoms with E-state index in [1.165, 1.54) is 12.1 Å². The molecule has 0 aliphatic heterocycles. The van der Waals surface area contributed by atoms with Crippen molar-refractivity contribution in [1.82, 2.24) is 10.6 Å². The van der Waals surface area contributed by atoms with E-state index in [2.05, 4.69) is 10.6 Å². The molecule has 2 aromatic rings. The monoisotopic (exact) mass is 417 g/mol. The minimum absolute atomic E-state index is 0.0198. The number of alkyl carbamates (subject to hydrolysis) is 1. The second-order valence-electron chi connectivity index (χ2n) is 5.88. The number of benzene rings is 2. The fourth-order valence-corrected chi connectivity index (χ4v) is 2.19. The number of nitro benzene ring substituents is 1. The number of nitro groups is 1. The summed E-state index contributed by atoms with van der Waals surface area (Å²) in [5.41, 5.74) is 0.575. The SMILES string of the molecule is O=C(CNC(=O)[C@@H](CO)NC(=O)OCc1ccccc1)Oc1ccc([N+](=O)[O-])cc1. The summed E-state index contributed by atoms with van der Waals surface area (Å²) in [6, 6.07) is 12.3. The number of ether oxygens (including phenoxy) is 2. The van der Waals surface area contributed by atoms with E-state index in [0.29, 0.717) is 0 Å². The highest BCUT2D eigenvalue weighted by Crippen LogP contribution is 2.17. The van der Waals surface area contributed by atoms with E-state index in [1.807, 2.05) is 6.07 Å². The van der Waals surface area contributed by atoms with Crippen LogP contribution in [0, 0.1) is 10.1 Å². The number of aliphatic hydroxyl groups is 1. The molecule has 2 aromatic carbocycles. The lowest BCUT2D eigenvalue weighted by Crippen LogP contribution is -2.50. The highest BCUT2D eigenvalue weighted by atomic mass is 16.6. The first-order valence-electron chi connectivity index (χ1n) is 8.70. The molecule has 0 radical (unpaired) electrons. The van der Waals surface area contributed by atoms with Crippen LogP contribution in [0.15, 0.2) is 54.6 Å². The number of rotatable bonds is 9. The van der Waals surface area contributed by atoms with Gasteiger partial charge in [0.1, 0.15) is 24.9 Å². The van der Waals surface area contributed by atoms with Gasteiger partial charge in [-0.15, -0.1) is 0 Å². The molecule has 0 unspecified atom stereocenters. The second kappa shape index (κ2) is 11.1. The summed E-state index contributed by atoms with van der Waals surface area (Å²) >= 11 is 0. The van der Waals surface area contributed by atoms with Gasteiger partial charge in [-0.25, -0.2) is 9.59 Å². The summed E-state index contributed by atoms with van der Waals surface area (Å²) in [6.07, 6.45) is -0.915. The third-order valence-corrected chi connectivity index (χ3v) is 3.69. The molecule has 158 valence electrons. The van der Waals surface area contributed by atoms with Crippen molar-refractivity contribution in [3.63, 3.8) is 0 Å². The average Bonchev–Trinajstić information content (AvgIpc) is 2.75. The molecule has 0 saturated carbocycles. The first-order chi connectivity index (χ1) is 14.4. The molecule has 3 N–H and O–H groups in total. The van der Waals surface area contributed by atoms with Gasteiger partial charge in [0, 0.05) is 12.1 Å². The molecule has 1 atom stereocenters. The smallest absolute Gasteiger partial charge is 0.408 e. The second-order valence-corrected chi connectivity index (χ2v) is 5.88. The van der Waals surface area contributed by atoms with Crippen LogP contribution in [0.5, 0.6) is 5.75 Å². The summed E-state index contributed by atoms with van der Waals surface area (Å²) in [7, 11) is 0. The van der Waals surface area contributed by atoms with Gasteiger partial charge in [0.2, 0.25) is 5.91 Å². The summed E-state index contributed by atoms with van der Waals surface area (Å²) in [4.78, 5) is 45.6. The third-order valence-electron chi connectivity index (χ3n) is 3.69. The Hall–Kier alpha value is -3.99. The van der Waals surface area contributed by atoms with Crippen LogP contribution < -0.4 is 15.4 Å². The van der Waals surface area contributed by atoms with Crippen LogP contribution in [0.4, 0.5) is 10.5 Å². The number of hydrogen-bond acceptors (Lipinski definition) is 8. The van der Waals surface area contributed by atoms with Crippen molar-refractivity contribution in [2.24, 2.45) is 0 Å². The van der Waals surface area contributed by atoms with Crippen LogP contribution in [0.25, 0.3) is 0 Å². The number of aliphatic hydroxyl groups excluding tert-OH is 1. The number of non-ortho nitro benzene ring substituents is 1. The van der Waals surface area contributed by atoms with Crippen molar-refractivity contribution in [1.29, 1.82) is 0 Å². The predicted octanol–water partition coefficient (Wildman–Crippen LogP) is 0.904. The van der Waals surface area contributed by atoms with E-state index in [-0.39, 0.29) is 18.0 Å². The minimum atomic E-state index is -1.33. The number of nitrogens with one attached hydrogen (secondary N) is 2. The molecule has 11 heteroatoms. The van der Waals surface area contributed by atoms with Gasteiger partial charge in [-0.2, -0.15) is 0 Å². The van der Waals surface area contributed by atoms with Crippen molar-refractivity contribution in [2.75, 3.05) is 13.2 Å². The molecule has 0 bridgehead atoms. The first-order valence-corrected chi connectivity index (χ1v) is 8.70. The molecular formula is C19H19N3O8. The largest absolute Gasteiger partial charge is 0.445 e. The topological polar surface area (TPSA) is 157 Å². The Labute approximate surface area is 170 Å². The quantitative estimate of drug-likeness (QED) is 0.235. The average molecular weight is 417 g/mol. The van der Waals surface area contributed by atoms with Crippen molar-refractivity contribution < 1.29 is 33.9 Å². The van der Waals surface area contributed by atoms with Gasteiger partial charge < -0.3 is 25.2 Å². The molecule has 0 heterocycles. The number of carbonyl (C=O) groups is 3. The number of nitrogens with zero attached hydrogens (tertiary/aromatic N) is 1. The van der Waals surface area contributed by atoms with Crippen LogP contribution in [0.2, 0.25) is 0 Å². The Kier molecular flexibility index (Phi) is 8.27. The Morgan fingerprint density at radius 2 is 1.73 bits per heavy atom. The van der Waals surface area contributed by atoms with E-state index < -0.39 is 42.1 Å². The molecule has 2 rings (SSSR count). The van der Waals surface area contributed by atoms with E-state index in [1.54, 1.807) is 24.3 Å². The van der Waals surface area contributed by atoms with Gasteiger partial charge in [-0.05, 0) is 17.7 Å². The summed E-state index contributed by atoms with van der Waals surface area (Å²) in [6.45, 7) is -1.29. The van der Waals surface area contributed by atoms with Gasteiger partial charge >= 0.3 is 12.1 Å². The molecule has 0 aliphatic carbocycles. The van der Waals surface area contributed by atoms with Gasteiger partial charge in [-0.1, -0.05) is 30.3 Å². The summed E-state index contributed by atoms with van der Waals surface area (Å²) < 4.78 is 9.89. The fraction of sp³-hybridized carbons (Fsp3) is 0.211. The number of hydrogen-bond donors (Lipinski definition) is 3. The maximum Gasteiger partial charge on any atom is 0.408 e. The van der Waals surface area contributed by atoms with Crippen molar-refractivity contribution >= 4 is 23.7 Å². The zero-order valence-corrected chi connectivity index (χ0v) is 15.6. The molecular weight excluding hydrogens is 398 g/mol. The van der Waals surface area contributed by atoms with E-state index >= 15 is 0 Å². The normalized spacial score (nSPS) is 11.1. The first kappa shape index (κ1) is 22.3. The number of amides is 2. The molecule has 0 saturated heterocycles. The number of esters is 1. The fourth-order valence-electron chi connectivity index (χ4n) is 2.19. The Bertz CT molecular complexity index is 886. The molecule has 2 amide bonds. The van der Waals surface area contributed by atoms with Gasteiger partial charge in [0.05, 0.1) is 11.5 Å². The highest BCUT2D eigenvalue weighted by Gasteiger charge is 2.21. The van der Waals surface area contributed by atoms with Crippen LogP contribution >= 0.6 is 0 Å². The maximum absolute atomic E-state index is 12.0. The van der Waals surface area contributed by atoms with E-state index in [0.717, 1.165) is 17.7 Å². The van der Waals surface area contributed by atoms with Crippen LogP contribution in [-0.4, -0.2) is 47.2 Å². The van der Waals surface area contributed by atoms with Crippen LogP contribution in [-0.2, 0) is 20.9 Å². The lowest BCUT2D eigenvalue weighted by Gasteiger charge is -2.16. The van der Waals surface area contributed by atoms with Crippen molar-refractivity contribution in [2.45, 2.75) is 12.6 Å². The van der Waals surface area contributed by atoms with Gasteiger partial charge in [0.25, 0.3) is 5.69 Å². The maximum atomic E-state index is 12.0. The molecule has 30 heavy (non-hydrogen) atoms. The highest BCUT2D eigenvalue weighted by molar-refractivity contribution is 5.88. The Balaban J connectivity index is 1.76. The lowest BCUT2D eigenvalue weighted by molar-refractivity contribution is -0.384. The predicted molar refractivity (Wildman–Crippen MR) is 102 cm³/mol. The third kappa shape index (κ3) is 7.20. The summed E-state index contributed by atoms with van der Waals surface area (Å²) in [5, 5.41) is 24.3. The van der Waals surface area contributed by atoms with E-state index in [9.17, 15) is 29.6 Å². The van der Waals surface area contributed by atoms with Crippen molar-refractivity contribution in [3.05, 3.63) is 70.3 Å². The molecule has 0 aromatic heterocycles. The molecule has 0 fully saturated rings. The Morgan fingerprint density at radius 3 is 2.33 bits per heavy atom. The zero-order valence-electron chi connectivity index (χ0n) is 15.6. The zero-order chi connectivity index (χ0) is 21.9.